The molecule has 0 bridgehead atoms. The number of carbonyl (C=O) groups excluding carboxylic acids is 1. The van der Waals surface area contributed by atoms with E-state index in [2.05, 4.69) is 0 Å². The molecule has 0 unspecified atom stereocenters. The number of aliphatic hydroxyl groups is 1. The van der Waals surface area contributed by atoms with Crippen molar-refractivity contribution in [2.75, 3.05) is 21.3 Å². The highest BCUT2D eigenvalue weighted by Gasteiger charge is 2.19. The van der Waals surface area contributed by atoms with E-state index >= 15 is 0 Å². The Balaban J connectivity index is 2.24. The maximum absolute atomic E-state index is 12.2. The van der Waals surface area contributed by atoms with Crippen LogP contribution in [0.5, 0.6) is 11.5 Å². The first kappa shape index (κ1) is 26.3. The van der Waals surface area contributed by atoms with Gasteiger partial charge in [0.25, 0.3) is 0 Å². The Kier molecular flexibility index (Phi) is 14.0. The summed E-state index contributed by atoms with van der Waals surface area (Å²) >= 11 is 0. The molecule has 5 nitrogen and oxygen atoms in total. The van der Waals surface area contributed by atoms with E-state index in [1.807, 2.05) is 13.0 Å². The summed E-state index contributed by atoms with van der Waals surface area (Å²) in [7, 11) is 4.57. The van der Waals surface area contributed by atoms with Crippen LogP contribution in [0.1, 0.15) is 99.9 Å². The van der Waals surface area contributed by atoms with Crippen LogP contribution in [0.15, 0.2) is 12.1 Å². The van der Waals surface area contributed by atoms with E-state index in [-0.39, 0.29) is 12.1 Å². The predicted molar refractivity (Wildman–Crippen MR) is 122 cm³/mol. The van der Waals surface area contributed by atoms with Crippen molar-refractivity contribution < 1.29 is 24.1 Å². The van der Waals surface area contributed by atoms with Crippen molar-refractivity contribution in [3.8, 4) is 11.5 Å². The minimum absolute atomic E-state index is 0.150. The van der Waals surface area contributed by atoms with Gasteiger partial charge in [-0.15, -0.1) is 0 Å². The molecule has 1 atom stereocenters. The highest BCUT2D eigenvalue weighted by atomic mass is 16.5. The molecule has 0 aliphatic rings. The molecule has 0 saturated carbocycles. The van der Waals surface area contributed by atoms with Crippen molar-refractivity contribution >= 4 is 5.97 Å². The van der Waals surface area contributed by atoms with Crippen molar-refractivity contribution in [1.29, 1.82) is 0 Å². The minimum Gasteiger partial charge on any atom is -0.497 e. The molecule has 0 aromatic heterocycles. The highest BCUT2D eigenvalue weighted by molar-refractivity contribution is 5.94. The molecule has 0 heterocycles. The maximum Gasteiger partial charge on any atom is 0.341 e. The third kappa shape index (κ3) is 10.3. The van der Waals surface area contributed by atoms with Crippen LogP contribution in [0, 0.1) is 0 Å². The Bertz CT molecular complexity index is 597. The number of ether oxygens (including phenoxy) is 3. The fraction of sp³-hybridized carbons (Fsp3) is 0.720. The Morgan fingerprint density at radius 1 is 0.833 bits per heavy atom. The quantitative estimate of drug-likeness (QED) is 0.243. The van der Waals surface area contributed by atoms with E-state index in [0.29, 0.717) is 17.1 Å². The first-order valence-electron chi connectivity index (χ1n) is 11.5. The molecule has 5 heteroatoms. The molecule has 1 N–H and O–H groups in total. The molecule has 0 radical (unpaired) electrons. The number of esters is 1. The summed E-state index contributed by atoms with van der Waals surface area (Å²) in [6, 6.07) is 3.64. The second kappa shape index (κ2) is 16.0. The van der Waals surface area contributed by atoms with Crippen LogP contribution >= 0.6 is 0 Å². The van der Waals surface area contributed by atoms with Crippen LogP contribution < -0.4 is 9.47 Å². The van der Waals surface area contributed by atoms with Gasteiger partial charge in [-0.05, 0) is 37.8 Å². The summed E-state index contributed by atoms with van der Waals surface area (Å²) in [5.74, 6) is 0.831. The number of aliphatic hydroxyl groups excluding tert-OH is 1. The first-order valence-corrected chi connectivity index (χ1v) is 11.5. The molecule has 0 aliphatic heterocycles. The van der Waals surface area contributed by atoms with E-state index in [4.69, 9.17) is 14.2 Å². The lowest BCUT2D eigenvalue weighted by molar-refractivity contribution is 0.0595. The van der Waals surface area contributed by atoms with Crippen molar-refractivity contribution in [3.63, 3.8) is 0 Å². The van der Waals surface area contributed by atoms with Crippen LogP contribution in [0.4, 0.5) is 0 Å². The van der Waals surface area contributed by atoms with Gasteiger partial charge >= 0.3 is 5.97 Å². The molecular weight excluding hydrogens is 380 g/mol. The zero-order valence-corrected chi connectivity index (χ0v) is 19.5. The maximum atomic E-state index is 12.2. The number of carbonyl (C=O) groups is 1. The predicted octanol–water partition coefficient (Wildman–Crippen LogP) is 6.09. The number of rotatable bonds is 17. The highest BCUT2D eigenvalue weighted by Crippen LogP contribution is 2.30. The molecule has 0 amide bonds. The smallest absolute Gasteiger partial charge is 0.341 e. The summed E-state index contributed by atoms with van der Waals surface area (Å²) < 4.78 is 15.7. The third-order valence-electron chi connectivity index (χ3n) is 5.57. The minimum atomic E-state index is -0.365. The number of benzene rings is 1. The summed E-state index contributed by atoms with van der Waals surface area (Å²) in [4.78, 5) is 12.2. The van der Waals surface area contributed by atoms with E-state index in [1.54, 1.807) is 20.3 Å². The van der Waals surface area contributed by atoms with Crippen LogP contribution in [0.25, 0.3) is 0 Å². The van der Waals surface area contributed by atoms with Gasteiger partial charge in [0.2, 0.25) is 0 Å². The second-order valence-corrected chi connectivity index (χ2v) is 8.13. The molecule has 172 valence electrons. The number of hydrogen-bond acceptors (Lipinski definition) is 5. The van der Waals surface area contributed by atoms with Crippen molar-refractivity contribution in [3.05, 3.63) is 23.3 Å². The Morgan fingerprint density at radius 3 is 1.83 bits per heavy atom. The second-order valence-electron chi connectivity index (χ2n) is 8.13. The Morgan fingerprint density at radius 2 is 1.37 bits per heavy atom. The molecule has 1 rings (SSSR count). The molecule has 0 fully saturated rings. The van der Waals surface area contributed by atoms with Gasteiger partial charge in [0.15, 0.2) is 0 Å². The zero-order valence-electron chi connectivity index (χ0n) is 19.5. The lowest BCUT2D eigenvalue weighted by Gasteiger charge is -2.14. The molecular formula is C25H42O5. The van der Waals surface area contributed by atoms with Gasteiger partial charge in [-0.25, -0.2) is 4.79 Å². The van der Waals surface area contributed by atoms with Gasteiger partial charge in [0.1, 0.15) is 17.1 Å². The van der Waals surface area contributed by atoms with Crippen molar-refractivity contribution in [2.45, 2.75) is 96.5 Å². The first-order chi connectivity index (χ1) is 14.5. The summed E-state index contributed by atoms with van der Waals surface area (Å²) in [6.45, 7) is 1.87. The van der Waals surface area contributed by atoms with Gasteiger partial charge in [-0.1, -0.05) is 64.2 Å². The lowest BCUT2D eigenvalue weighted by Crippen LogP contribution is -2.09. The van der Waals surface area contributed by atoms with Gasteiger partial charge < -0.3 is 19.3 Å². The summed E-state index contributed by atoms with van der Waals surface area (Å²) in [5.41, 5.74) is 1.43. The number of unbranched alkanes of at least 4 members (excludes halogenated alkanes) is 10. The molecule has 0 saturated heterocycles. The van der Waals surface area contributed by atoms with Crippen LogP contribution in [-0.2, 0) is 11.2 Å². The van der Waals surface area contributed by atoms with Crippen LogP contribution in [0.2, 0.25) is 0 Å². The number of hydrogen-bond donors (Lipinski definition) is 1. The monoisotopic (exact) mass is 422 g/mol. The Labute approximate surface area is 183 Å². The van der Waals surface area contributed by atoms with Crippen molar-refractivity contribution in [2.24, 2.45) is 0 Å². The fourth-order valence-electron chi connectivity index (χ4n) is 3.80. The fourth-order valence-corrected chi connectivity index (χ4v) is 3.80. The molecule has 1 aromatic carbocycles. The van der Waals surface area contributed by atoms with Gasteiger partial charge in [-0.3, -0.25) is 0 Å². The van der Waals surface area contributed by atoms with E-state index in [0.717, 1.165) is 37.7 Å². The van der Waals surface area contributed by atoms with Gasteiger partial charge in [0.05, 0.1) is 27.4 Å². The summed E-state index contributed by atoms with van der Waals surface area (Å²) in [6.07, 6.45) is 15.2. The molecule has 30 heavy (non-hydrogen) atoms. The normalized spacial score (nSPS) is 11.9. The summed E-state index contributed by atoms with van der Waals surface area (Å²) in [5, 5.41) is 9.24. The van der Waals surface area contributed by atoms with Crippen LogP contribution in [-0.4, -0.2) is 38.5 Å². The SMILES string of the molecule is COC(=O)c1c(CCCCCCCCCCCCC[C@@H](C)O)cc(OC)cc1OC. The topological polar surface area (TPSA) is 65.0 Å². The standard InChI is InChI=1S/C25H42O5/c1-20(26)16-14-12-10-8-6-5-7-9-11-13-15-17-21-18-22(28-2)19-23(29-3)24(21)25(27)30-4/h18-20,26H,5-17H2,1-4H3/t20-/m1/s1. The third-order valence-corrected chi connectivity index (χ3v) is 5.57. The number of aryl methyl sites for hydroxylation is 1. The lowest BCUT2D eigenvalue weighted by atomic mass is 9.98. The average Bonchev–Trinajstić information content (AvgIpc) is 2.75. The zero-order chi connectivity index (χ0) is 22.2. The van der Waals surface area contributed by atoms with Gasteiger partial charge in [-0.2, -0.15) is 0 Å². The van der Waals surface area contributed by atoms with Crippen LogP contribution in [0.3, 0.4) is 0 Å². The van der Waals surface area contributed by atoms with E-state index in [9.17, 15) is 9.90 Å². The van der Waals surface area contributed by atoms with E-state index in [1.165, 1.54) is 58.5 Å². The van der Waals surface area contributed by atoms with Gasteiger partial charge in [0, 0.05) is 6.07 Å². The molecule has 0 aliphatic carbocycles. The average molecular weight is 423 g/mol. The number of methoxy groups -OCH3 is 3. The van der Waals surface area contributed by atoms with E-state index < -0.39 is 0 Å². The molecule has 0 spiro atoms. The molecule has 1 aromatic rings. The van der Waals surface area contributed by atoms with Crippen molar-refractivity contribution in [1.82, 2.24) is 0 Å². The Hall–Kier alpha value is -1.75. The largest absolute Gasteiger partial charge is 0.497 e.